The van der Waals surface area contributed by atoms with Crippen molar-refractivity contribution in [1.82, 2.24) is 0 Å². The summed E-state index contributed by atoms with van der Waals surface area (Å²) in [7, 11) is 0. The van der Waals surface area contributed by atoms with Crippen molar-refractivity contribution in [3.05, 3.63) is 65.2 Å². The van der Waals surface area contributed by atoms with Crippen molar-refractivity contribution in [2.45, 2.75) is 6.36 Å². The average molecular weight is 341 g/mol. The van der Waals surface area contributed by atoms with Gasteiger partial charge in [-0.3, -0.25) is 0 Å². The van der Waals surface area contributed by atoms with Crippen LogP contribution in [0.4, 0.5) is 18.9 Å². The highest BCUT2D eigenvalue weighted by molar-refractivity contribution is 6.30. The Morgan fingerprint density at radius 2 is 1.65 bits per heavy atom. The van der Waals surface area contributed by atoms with E-state index < -0.39 is 6.36 Å². The molecule has 0 saturated heterocycles. The minimum atomic E-state index is -4.70. The van der Waals surface area contributed by atoms with E-state index in [0.717, 1.165) is 0 Å². The Bertz CT molecular complexity index is 708. The van der Waals surface area contributed by atoms with Crippen LogP contribution in [0.1, 0.15) is 5.56 Å². The zero-order valence-corrected chi connectivity index (χ0v) is 12.5. The quantitative estimate of drug-likeness (QED) is 0.633. The minimum Gasteiger partial charge on any atom is -0.406 e. The van der Waals surface area contributed by atoms with Gasteiger partial charge in [0.15, 0.2) is 0 Å². The number of hydrogen-bond donors (Lipinski definition) is 1. The van der Waals surface area contributed by atoms with Crippen molar-refractivity contribution in [3.8, 4) is 5.75 Å². The molecule has 0 saturated carbocycles. The molecular formula is C16H12ClF3N2O. The Hall–Kier alpha value is -2.47. The fourth-order valence-electron chi connectivity index (χ4n) is 1.66. The molecule has 0 aliphatic carbocycles. The molecule has 0 unspecified atom stereocenters. The van der Waals surface area contributed by atoms with Gasteiger partial charge in [0.2, 0.25) is 0 Å². The molecule has 7 heteroatoms. The van der Waals surface area contributed by atoms with Crippen LogP contribution < -0.4 is 10.5 Å². The van der Waals surface area contributed by atoms with Crippen molar-refractivity contribution >= 4 is 29.2 Å². The van der Waals surface area contributed by atoms with E-state index in [2.05, 4.69) is 9.73 Å². The Labute approximate surface area is 135 Å². The lowest BCUT2D eigenvalue weighted by Gasteiger charge is -2.08. The molecule has 0 aromatic heterocycles. The zero-order chi connectivity index (χ0) is 16.9. The van der Waals surface area contributed by atoms with Crippen LogP contribution in [-0.2, 0) is 0 Å². The maximum atomic E-state index is 12.1. The molecule has 0 heterocycles. The van der Waals surface area contributed by atoms with E-state index >= 15 is 0 Å². The second kappa shape index (κ2) is 7.19. The van der Waals surface area contributed by atoms with Crippen LogP contribution in [0.25, 0.3) is 6.08 Å². The van der Waals surface area contributed by atoms with Crippen molar-refractivity contribution in [2.24, 2.45) is 10.7 Å². The highest BCUT2D eigenvalue weighted by Gasteiger charge is 2.30. The zero-order valence-electron chi connectivity index (χ0n) is 11.7. The van der Waals surface area contributed by atoms with E-state index in [1.807, 2.05) is 0 Å². The van der Waals surface area contributed by atoms with E-state index in [9.17, 15) is 13.2 Å². The van der Waals surface area contributed by atoms with Gasteiger partial charge >= 0.3 is 6.36 Å². The highest BCUT2D eigenvalue weighted by Crippen LogP contribution is 2.23. The Balaban J connectivity index is 2.03. The van der Waals surface area contributed by atoms with E-state index in [1.165, 1.54) is 24.3 Å². The van der Waals surface area contributed by atoms with Gasteiger partial charge in [-0.1, -0.05) is 29.8 Å². The predicted octanol–water partition coefficient (Wildman–Crippen LogP) is 4.94. The average Bonchev–Trinajstić information content (AvgIpc) is 2.47. The molecule has 0 fully saturated rings. The maximum Gasteiger partial charge on any atom is 0.573 e. The fraction of sp³-hybridized carbons (Fsp3) is 0.0625. The number of rotatable bonds is 4. The van der Waals surface area contributed by atoms with E-state index in [1.54, 1.807) is 36.4 Å². The number of benzene rings is 2. The Morgan fingerprint density at radius 3 is 2.22 bits per heavy atom. The smallest absolute Gasteiger partial charge is 0.406 e. The lowest BCUT2D eigenvalue weighted by molar-refractivity contribution is -0.274. The first kappa shape index (κ1) is 16.9. The highest BCUT2D eigenvalue weighted by atomic mass is 35.5. The van der Waals surface area contributed by atoms with Crippen LogP contribution in [0.5, 0.6) is 5.75 Å². The monoisotopic (exact) mass is 340 g/mol. The summed E-state index contributed by atoms with van der Waals surface area (Å²) >= 11 is 5.77. The number of aliphatic imine (C=N–C) groups is 1. The Morgan fingerprint density at radius 1 is 1.04 bits per heavy atom. The molecule has 0 spiro atoms. The molecular weight excluding hydrogens is 329 g/mol. The summed E-state index contributed by atoms with van der Waals surface area (Å²) in [6.45, 7) is 0. The van der Waals surface area contributed by atoms with Gasteiger partial charge in [0, 0.05) is 5.02 Å². The molecule has 0 bridgehead atoms. The maximum absolute atomic E-state index is 12.1. The van der Waals surface area contributed by atoms with Gasteiger partial charge in [-0.15, -0.1) is 13.2 Å². The van der Waals surface area contributed by atoms with Crippen molar-refractivity contribution in [2.75, 3.05) is 0 Å². The van der Waals surface area contributed by atoms with Crippen LogP contribution in [0.15, 0.2) is 59.6 Å². The van der Waals surface area contributed by atoms with Crippen LogP contribution in [0.3, 0.4) is 0 Å². The molecule has 23 heavy (non-hydrogen) atoms. The van der Waals surface area contributed by atoms with Gasteiger partial charge in [0.05, 0.1) is 5.69 Å². The molecule has 0 aliphatic rings. The van der Waals surface area contributed by atoms with Gasteiger partial charge in [0.25, 0.3) is 0 Å². The van der Waals surface area contributed by atoms with Gasteiger partial charge in [0.1, 0.15) is 11.6 Å². The number of halogens is 4. The summed E-state index contributed by atoms with van der Waals surface area (Å²) in [6, 6.07) is 12.2. The summed E-state index contributed by atoms with van der Waals surface area (Å²) < 4.78 is 39.9. The third-order valence-corrected chi connectivity index (χ3v) is 2.90. The molecule has 2 N–H and O–H groups in total. The fourth-order valence-corrected chi connectivity index (χ4v) is 1.79. The number of nitrogens with two attached hydrogens (primary N) is 1. The molecule has 2 aromatic rings. The predicted molar refractivity (Wildman–Crippen MR) is 84.9 cm³/mol. The van der Waals surface area contributed by atoms with Gasteiger partial charge in [-0.2, -0.15) is 0 Å². The molecule has 2 aromatic carbocycles. The van der Waals surface area contributed by atoms with Gasteiger partial charge in [-0.25, -0.2) is 4.99 Å². The third kappa shape index (κ3) is 6.04. The van der Waals surface area contributed by atoms with Crippen LogP contribution in [0, 0.1) is 0 Å². The van der Waals surface area contributed by atoms with Gasteiger partial charge < -0.3 is 10.5 Å². The third-order valence-electron chi connectivity index (χ3n) is 2.65. The van der Waals surface area contributed by atoms with Crippen molar-refractivity contribution < 1.29 is 17.9 Å². The van der Waals surface area contributed by atoms with Crippen molar-refractivity contribution in [1.29, 1.82) is 0 Å². The van der Waals surface area contributed by atoms with Crippen LogP contribution >= 0.6 is 11.6 Å². The minimum absolute atomic E-state index is 0.253. The van der Waals surface area contributed by atoms with E-state index in [0.29, 0.717) is 16.3 Å². The topological polar surface area (TPSA) is 47.6 Å². The summed E-state index contributed by atoms with van der Waals surface area (Å²) in [6.07, 6.45) is -1.52. The first-order valence-electron chi connectivity index (χ1n) is 6.45. The molecule has 0 radical (unpaired) electrons. The Kier molecular flexibility index (Phi) is 5.28. The van der Waals surface area contributed by atoms with E-state index in [-0.39, 0.29) is 11.6 Å². The summed E-state index contributed by atoms with van der Waals surface area (Å²) in [5, 5.41) is 0.597. The van der Waals surface area contributed by atoms with Crippen LogP contribution in [0.2, 0.25) is 5.02 Å². The largest absolute Gasteiger partial charge is 0.573 e. The normalized spacial score (nSPS) is 12.6. The van der Waals surface area contributed by atoms with Crippen molar-refractivity contribution in [3.63, 3.8) is 0 Å². The molecule has 120 valence electrons. The molecule has 0 amide bonds. The number of ether oxygens (including phenoxy) is 1. The molecule has 3 nitrogen and oxygen atoms in total. The number of amidine groups is 1. The molecule has 0 atom stereocenters. The summed E-state index contributed by atoms with van der Waals surface area (Å²) in [4.78, 5) is 4.16. The standard InChI is InChI=1S/C16H12ClF3N2O/c17-12-4-6-13(7-5-12)22-15(21)10-3-11-1-8-14(9-2-11)23-16(18,19)20/h1-10H,(H2,21,22). The second-order valence-electron chi connectivity index (χ2n) is 4.46. The number of alkyl halides is 3. The number of nitrogens with zero attached hydrogens (tertiary/aromatic N) is 1. The second-order valence-corrected chi connectivity index (χ2v) is 4.90. The SMILES string of the molecule is NC(C=Cc1ccc(OC(F)(F)F)cc1)=Nc1ccc(Cl)cc1. The molecule has 0 aliphatic heterocycles. The number of hydrogen-bond acceptors (Lipinski definition) is 2. The lowest BCUT2D eigenvalue weighted by atomic mass is 10.2. The first-order chi connectivity index (χ1) is 10.8. The molecule has 2 rings (SSSR count). The summed E-state index contributed by atoms with van der Waals surface area (Å²) in [5.41, 5.74) is 7.07. The van der Waals surface area contributed by atoms with E-state index in [4.69, 9.17) is 17.3 Å². The lowest BCUT2D eigenvalue weighted by Crippen LogP contribution is -2.16. The summed E-state index contributed by atoms with van der Waals surface area (Å²) in [5.74, 6) is -0.0274. The first-order valence-corrected chi connectivity index (χ1v) is 6.83. The van der Waals surface area contributed by atoms with Gasteiger partial charge in [-0.05, 0) is 48.0 Å². The van der Waals surface area contributed by atoms with Crippen LogP contribution in [-0.4, -0.2) is 12.2 Å².